The minimum Gasteiger partial charge on any atom is -0.504 e. The van der Waals surface area contributed by atoms with E-state index < -0.39 is 11.2 Å². The van der Waals surface area contributed by atoms with E-state index >= 15 is 0 Å². The van der Waals surface area contributed by atoms with Crippen LogP contribution < -0.4 is 16.0 Å². The van der Waals surface area contributed by atoms with Crippen molar-refractivity contribution < 1.29 is 9.84 Å². The van der Waals surface area contributed by atoms with Gasteiger partial charge in [-0.2, -0.15) is 0 Å². The van der Waals surface area contributed by atoms with Crippen LogP contribution in [0.5, 0.6) is 11.5 Å². The topological polar surface area (TPSA) is 102 Å². The molecule has 4 aromatic rings. The van der Waals surface area contributed by atoms with E-state index in [1.807, 2.05) is 30.3 Å². The van der Waals surface area contributed by atoms with Crippen molar-refractivity contribution in [3.05, 3.63) is 74.9 Å². The molecule has 0 aliphatic carbocycles. The van der Waals surface area contributed by atoms with Crippen molar-refractivity contribution in [3.8, 4) is 22.9 Å². The largest absolute Gasteiger partial charge is 0.504 e. The molecular formula is C20H18N4O4. The predicted octanol–water partition coefficient (Wildman–Crippen LogP) is 1.85. The first kappa shape index (κ1) is 17.6. The average Bonchev–Trinajstić information content (AvgIpc) is 3.04. The Bertz CT molecular complexity index is 1290. The summed E-state index contributed by atoms with van der Waals surface area (Å²) in [6.07, 6.45) is 0. The SMILES string of the molecule is COc1cc(-c2nc3c(c(=O)[nH]c(=O)n3Cc3ccccc3)n2C)ccc1O. The number of hydrogen-bond donors (Lipinski definition) is 2. The summed E-state index contributed by atoms with van der Waals surface area (Å²) in [5.41, 5.74) is 1.12. The molecule has 0 aliphatic rings. The number of aryl methyl sites for hydroxylation is 1. The van der Waals surface area contributed by atoms with Crippen LogP contribution in [0.25, 0.3) is 22.6 Å². The number of imidazole rings is 1. The average molecular weight is 378 g/mol. The van der Waals surface area contributed by atoms with Crippen molar-refractivity contribution in [2.45, 2.75) is 6.54 Å². The van der Waals surface area contributed by atoms with Crippen LogP contribution in [-0.4, -0.2) is 31.3 Å². The Labute approximate surface area is 159 Å². The normalized spacial score (nSPS) is 11.1. The number of methoxy groups -OCH3 is 1. The van der Waals surface area contributed by atoms with Crippen molar-refractivity contribution in [2.24, 2.45) is 7.05 Å². The number of nitrogens with zero attached hydrogens (tertiary/aromatic N) is 3. The van der Waals surface area contributed by atoms with Crippen LogP contribution in [0.15, 0.2) is 58.1 Å². The Kier molecular flexibility index (Phi) is 4.23. The predicted molar refractivity (Wildman–Crippen MR) is 105 cm³/mol. The van der Waals surface area contributed by atoms with Gasteiger partial charge in [-0.05, 0) is 23.8 Å². The Hall–Kier alpha value is -3.81. The Balaban J connectivity index is 1.95. The maximum atomic E-state index is 12.5. The zero-order valence-corrected chi connectivity index (χ0v) is 15.3. The number of fused-ring (bicyclic) bond motifs is 1. The number of phenols is 1. The van der Waals surface area contributed by atoms with Gasteiger partial charge in [-0.3, -0.25) is 14.3 Å². The summed E-state index contributed by atoms with van der Waals surface area (Å²) >= 11 is 0. The molecule has 0 amide bonds. The van der Waals surface area contributed by atoms with Gasteiger partial charge < -0.3 is 14.4 Å². The second kappa shape index (κ2) is 6.73. The van der Waals surface area contributed by atoms with E-state index in [0.29, 0.717) is 22.8 Å². The first-order valence-corrected chi connectivity index (χ1v) is 8.60. The minimum absolute atomic E-state index is 0.00356. The molecule has 142 valence electrons. The minimum atomic E-state index is -0.519. The van der Waals surface area contributed by atoms with Crippen LogP contribution in [0.4, 0.5) is 0 Å². The molecule has 28 heavy (non-hydrogen) atoms. The molecule has 2 heterocycles. The van der Waals surface area contributed by atoms with E-state index in [-0.39, 0.29) is 17.8 Å². The Morgan fingerprint density at radius 1 is 1.14 bits per heavy atom. The number of ether oxygens (including phenoxy) is 1. The van der Waals surface area contributed by atoms with E-state index in [9.17, 15) is 14.7 Å². The molecule has 2 aromatic heterocycles. The van der Waals surface area contributed by atoms with Crippen molar-refractivity contribution in [2.75, 3.05) is 7.11 Å². The standard InChI is InChI=1S/C20H18N4O4/c1-23-16-18(21-17(23)13-8-9-14(25)15(10-13)28-2)24(20(27)22-19(16)26)11-12-6-4-3-5-7-12/h3-10,25H,11H2,1-2H3,(H,22,26,27). The monoisotopic (exact) mass is 378 g/mol. The summed E-state index contributed by atoms with van der Waals surface area (Å²) in [7, 11) is 3.16. The third-order valence-electron chi connectivity index (χ3n) is 4.63. The number of H-pyrrole nitrogens is 1. The van der Waals surface area contributed by atoms with E-state index in [4.69, 9.17) is 4.74 Å². The molecule has 0 atom stereocenters. The highest BCUT2D eigenvalue weighted by atomic mass is 16.5. The lowest BCUT2D eigenvalue weighted by atomic mass is 10.2. The van der Waals surface area contributed by atoms with Gasteiger partial charge in [-0.25, -0.2) is 9.78 Å². The number of phenolic OH excluding ortho intramolecular Hbond substituents is 1. The smallest absolute Gasteiger partial charge is 0.330 e. The quantitative estimate of drug-likeness (QED) is 0.564. The zero-order chi connectivity index (χ0) is 19.8. The molecule has 8 heteroatoms. The highest BCUT2D eigenvalue weighted by Gasteiger charge is 2.18. The summed E-state index contributed by atoms with van der Waals surface area (Å²) in [6.45, 7) is 0.280. The number of aromatic amines is 1. The van der Waals surface area contributed by atoms with Crippen LogP contribution in [0.1, 0.15) is 5.56 Å². The molecule has 0 unspecified atom stereocenters. The number of benzene rings is 2. The molecule has 2 N–H and O–H groups in total. The van der Waals surface area contributed by atoms with Crippen LogP contribution >= 0.6 is 0 Å². The van der Waals surface area contributed by atoms with Crippen molar-refractivity contribution >= 4 is 11.2 Å². The van der Waals surface area contributed by atoms with Crippen LogP contribution in [-0.2, 0) is 13.6 Å². The van der Waals surface area contributed by atoms with Crippen LogP contribution in [0, 0.1) is 0 Å². The molecule has 0 spiro atoms. The van der Waals surface area contributed by atoms with Gasteiger partial charge in [-0.15, -0.1) is 0 Å². The third kappa shape index (κ3) is 2.84. The molecule has 4 rings (SSSR count). The van der Waals surface area contributed by atoms with Gasteiger partial charge in [-0.1, -0.05) is 30.3 Å². The van der Waals surface area contributed by atoms with Crippen molar-refractivity contribution in [3.63, 3.8) is 0 Å². The number of nitrogens with one attached hydrogen (secondary N) is 1. The summed E-state index contributed by atoms with van der Waals surface area (Å²) in [6, 6.07) is 14.3. The molecule has 0 aliphatic heterocycles. The first-order chi connectivity index (χ1) is 13.5. The van der Waals surface area contributed by atoms with Gasteiger partial charge in [0.05, 0.1) is 13.7 Å². The second-order valence-corrected chi connectivity index (χ2v) is 6.38. The summed E-state index contributed by atoms with van der Waals surface area (Å²) < 4.78 is 8.22. The van der Waals surface area contributed by atoms with E-state index in [2.05, 4.69) is 9.97 Å². The molecule has 0 saturated heterocycles. The highest BCUT2D eigenvalue weighted by Crippen LogP contribution is 2.31. The third-order valence-corrected chi connectivity index (χ3v) is 4.63. The van der Waals surface area contributed by atoms with Gasteiger partial charge >= 0.3 is 5.69 Å². The van der Waals surface area contributed by atoms with Gasteiger partial charge in [0.1, 0.15) is 5.82 Å². The lowest BCUT2D eigenvalue weighted by Crippen LogP contribution is -2.31. The highest BCUT2D eigenvalue weighted by molar-refractivity contribution is 5.77. The van der Waals surface area contributed by atoms with Crippen molar-refractivity contribution in [1.29, 1.82) is 0 Å². The Morgan fingerprint density at radius 3 is 2.61 bits per heavy atom. The maximum absolute atomic E-state index is 12.5. The van der Waals surface area contributed by atoms with Gasteiger partial charge in [0, 0.05) is 12.6 Å². The molecule has 0 saturated carbocycles. The fraction of sp³-hybridized carbons (Fsp3) is 0.150. The van der Waals surface area contributed by atoms with Gasteiger partial charge in [0.25, 0.3) is 5.56 Å². The van der Waals surface area contributed by atoms with Crippen LogP contribution in [0.3, 0.4) is 0 Å². The number of aromatic nitrogens is 4. The zero-order valence-electron chi connectivity index (χ0n) is 15.3. The van der Waals surface area contributed by atoms with Crippen LogP contribution in [0.2, 0.25) is 0 Å². The number of rotatable bonds is 4. The van der Waals surface area contributed by atoms with Gasteiger partial charge in [0.15, 0.2) is 22.7 Å². The molecule has 2 aromatic carbocycles. The van der Waals surface area contributed by atoms with E-state index in [1.54, 1.807) is 23.7 Å². The second-order valence-electron chi connectivity index (χ2n) is 6.38. The number of aromatic hydroxyl groups is 1. The molecule has 0 radical (unpaired) electrons. The molecule has 0 bridgehead atoms. The summed E-state index contributed by atoms with van der Waals surface area (Å²) in [4.78, 5) is 31.9. The Morgan fingerprint density at radius 2 is 1.89 bits per heavy atom. The van der Waals surface area contributed by atoms with Gasteiger partial charge in [0.2, 0.25) is 0 Å². The molecule has 0 fully saturated rings. The first-order valence-electron chi connectivity index (χ1n) is 8.60. The summed E-state index contributed by atoms with van der Waals surface area (Å²) in [5, 5.41) is 9.83. The number of hydrogen-bond acceptors (Lipinski definition) is 5. The van der Waals surface area contributed by atoms with E-state index in [1.165, 1.54) is 17.7 Å². The lowest BCUT2D eigenvalue weighted by Gasteiger charge is -2.06. The molecular weight excluding hydrogens is 360 g/mol. The maximum Gasteiger partial charge on any atom is 0.330 e. The lowest BCUT2D eigenvalue weighted by molar-refractivity contribution is 0.373. The molecule has 8 nitrogen and oxygen atoms in total. The fourth-order valence-electron chi connectivity index (χ4n) is 3.23. The fourth-order valence-corrected chi connectivity index (χ4v) is 3.23. The van der Waals surface area contributed by atoms with E-state index in [0.717, 1.165) is 5.56 Å². The summed E-state index contributed by atoms with van der Waals surface area (Å²) in [5.74, 6) is 0.773. The van der Waals surface area contributed by atoms with Crippen molar-refractivity contribution in [1.82, 2.24) is 19.1 Å².